The van der Waals surface area contributed by atoms with Gasteiger partial charge >= 0.3 is 12.0 Å². The van der Waals surface area contributed by atoms with E-state index in [2.05, 4.69) is 10.6 Å². The van der Waals surface area contributed by atoms with Crippen LogP contribution in [0.4, 0.5) is 10.5 Å². The van der Waals surface area contributed by atoms with Crippen LogP contribution in [0, 0.1) is 5.92 Å². The fourth-order valence-electron chi connectivity index (χ4n) is 1.42. The van der Waals surface area contributed by atoms with E-state index < -0.39 is 17.9 Å². The molecule has 1 rings (SSSR count). The summed E-state index contributed by atoms with van der Waals surface area (Å²) in [5.41, 5.74) is 1.50. The number of benzene rings is 1. The molecule has 6 heteroatoms. The van der Waals surface area contributed by atoms with Crippen molar-refractivity contribution in [3.05, 3.63) is 29.8 Å². The Morgan fingerprint density at radius 2 is 2.05 bits per heavy atom. The zero-order chi connectivity index (χ0) is 14.3. The Kier molecular flexibility index (Phi) is 5.81. The van der Waals surface area contributed by atoms with E-state index in [0.717, 1.165) is 5.56 Å². The van der Waals surface area contributed by atoms with Gasteiger partial charge in [0.05, 0.1) is 12.5 Å². The molecule has 0 heterocycles. The number of urea groups is 1. The van der Waals surface area contributed by atoms with Gasteiger partial charge in [0.1, 0.15) is 0 Å². The quantitative estimate of drug-likeness (QED) is 0.731. The molecule has 0 aliphatic rings. The van der Waals surface area contributed by atoms with E-state index in [-0.39, 0.29) is 6.54 Å². The van der Waals surface area contributed by atoms with E-state index in [0.29, 0.717) is 12.3 Å². The van der Waals surface area contributed by atoms with Crippen molar-refractivity contribution in [3.63, 3.8) is 0 Å². The molecule has 1 unspecified atom stereocenters. The minimum Gasteiger partial charge on any atom is -0.481 e. The lowest BCUT2D eigenvalue weighted by Crippen LogP contribution is -2.34. The van der Waals surface area contributed by atoms with Crippen molar-refractivity contribution in [1.29, 1.82) is 0 Å². The van der Waals surface area contributed by atoms with Crippen molar-refractivity contribution in [2.24, 2.45) is 5.92 Å². The topological polar surface area (TPSA) is 87.7 Å². The van der Waals surface area contributed by atoms with E-state index in [4.69, 9.17) is 9.84 Å². The maximum Gasteiger partial charge on any atom is 0.319 e. The van der Waals surface area contributed by atoms with Gasteiger partial charge in [0.25, 0.3) is 0 Å². The highest BCUT2D eigenvalue weighted by Gasteiger charge is 2.12. The molecule has 0 saturated heterocycles. The second-order valence-corrected chi connectivity index (χ2v) is 4.16. The summed E-state index contributed by atoms with van der Waals surface area (Å²) >= 11 is 0. The van der Waals surface area contributed by atoms with Crippen molar-refractivity contribution in [3.8, 4) is 0 Å². The molecule has 1 aromatic carbocycles. The number of hydrogen-bond donors (Lipinski definition) is 3. The third-order valence-electron chi connectivity index (χ3n) is 2.56. The van der Waals surface area contributed by atoms with E-state index >= 15 is 0 Å². The second-order valence-electron chi connectivity index (χ2n) is 4.16. The molecule has 0 aliphatic carbocycles. The lowest BCUT2D eigenvalue weighted by atomic mass is 10.2. The van der Waals surface area contributed by atoms with Crippen LogP contribution in [0.2, 0.25) is 0 Å². The van der Waals surface area contributed by atoms with Gasteiger partial charge in [-0.25, -0.2) is 4.79 Å². The fraction of sp³-hybridized carbons (Fsp3) is 0.385. The lowest BCUT2D eigenvalue weighted by molar-refractivity contribution is -0.140. The van der Waals surface area contributed by atoms with Gasteiger partial charge in [-0.3, -0.25) is 4.79 Å². The Morgan fingerprint density at radius 3 is 2.68 bits per heavy atom. The number of anilines is 1. The summed E-state index contributed by atoms with van der Waals surface area (Å²) in [5, 5.41) is 13.9. The van der Waals surface area contributed by atoms with Crippen LogP contribution in [0.15, 0.2) is 24.3 Å². The van der Waals surface area contributed by atoms with Crippen LogP contribution in [0.3, 0.4) is 0 Å². The zero-order valence-electron chi connectivity index (χ0n) is 11.0. The first-order valence-corrected chi connectivity index (χ1v) is 5.89. The van der Waals surface area contributed by atoms with Crippen molar-refractivity contribution < 1.29 is 19.4 Å². The smallest absolute Gasteiger partial charge is 0.319 e. The molecule has 1 atom stereocenters. The van der Waals surface area contributed by atoms with Crippen LogP contribution in [-0.4, -0.2) is 30.8 Å². The van der Waals surface area contributed by atoms with E-state index in [9.17, 15) is 9.59 Å². The normalized spacial score (nSPS) is 11.7. The molecule has 2 amide bonds. The summed E-state index contributed by atoms with van der Waals surface area (Å²) in [6.07, 6.45) is 0. The second kappa shape index (κ2) is 7.38. The highest BCUT2D eigenvalue weighted by molar-refractivity contribution is 5.90. The Morgan fingerprint density at radius 1 is 1.37 bits per heavy atom. The molecule has 0 radical (unpaired) electrons. The SMILES string of the molecule is COCc1ccccc1NC(=O)NCC(C)C(=O)O. The first-order valence-electron chi connectivity index (χ1n) is 5.89. The molecule has 0 bridgehead atoms. The summed E-state index contributed by atoms with van der Waals surface area (Å²) < 4.78 is 5.03. The van der Waals surface area contributed by atoms with Crippen molar-refractivity contribution in [2.75, 3.05) is 19.0 Å². The van der Waals surface area contributed by atoms with Gasteiger partial charge in [-0.15, -0.1) is 0 Å². The average Bonchev–Trinajstić information content (AvgIpc) is 2.38. The number of carbonyl (C=O) groups excluding carboxylic acids is 1. The Bertz CT molecular complexity index is 448. The molecule has 0 fully saturated rings. The summed E-state index contributed by atoms with van der Waals surface area (Å²) in [7, 11) is 1.57. The number of rotatable bonds is 6. The zero-order valence-corrected chi connectivity index (χ0v) is 11.0. The van der Waals surface area contributed by atoms with Gasteiger partial charge in [-0.05, 0) is 6.07 Å². The third kappa shape index (κ3) is 4.97. The van der Waals surface area contributed by atoms with Gasteiger partial charge in [0, 0.05) is 24.9 Å². The molecule has 6 nitrogen and oxygen atoms in total. The third-order valence-corrected chi connectivity index (χ3v) is 2.56. The van der Waals surface area contributed by atoms with Crippen LogP contribution < -0.4 is 10.6 Å². The molecule has 104 valence electrons. The van der Waals surface area contributed by atoms with Gasteiger partial charge in [-0.2, -0.15) is 0 Å². The molecule has 1 aromatic rings. The summed E-state index contributed by atoms with van der Waals surface area (Å²) in [5.74, 6) is -1.57. The molecular formula is C13H18N2O4. The minimum absolute atomic E-state index is 0.0770. The predicted molar refractivity (Wildman–Crippen MR) is 71.0 cm³/mol. The molecular weight excluding hydrogens is 248 g/mol. The number of carboxylic acids is 1. The summed E-state index contributed by atoms with van der Waals surface area (Å²) in [6.45, 7) is 2.00. The molecule has 0 aliphatic heterocycles. The predicted octanol–water partition coefficient (Wildman–Crippen LogP) is 1.68. The number of amides is 2. The van der Waals surface area contributed by atoms with Crippen LogP contribution in [0.25, 0.3) is 0 Å². The maximum atomic E-state index is 11.6. The molecule has 0 saturated carbocycles. The number of carboxylic acid groups (broad SMARTS) is 1. The summed E-state index contributed by atoms with van der Waals surface area (Å²) in [6, 6.07) is 6.82. The molecule has 0 spiro atoms. The standard InChI is InChI=1S/C13H18N2O4/c1-9(12(16)17)7-14-13(18)15-11-6-4-3-5-10(11)8-19-2/h3-6,9H,7-8H2,1-2H3,(H,16,17)(H2,14,15,18). The average molecular weight is 266 g/mol. The van der Waals surface area contributed by atoms with E-state index in [1.807, 2.05) is 12.1 Å². The molecule has 3 N–H and O–H groups in total. The highest BCUT2D eigenvalue weighted by Crippen LogP contribution is 2.15. The van der Waals surface area contributed by atoms with E-state index in [1.165, 1.54) is 6.92 Å². The van der Waals surface area contributed by atoms with Crippen LogP contribution in [0.5, 0.6) is 0 Å². The Labute approximate surface area is 111 Å². The van der Waals surface area contributed by atoms with Crippen molar-refractivity contribution in [1.82, 2.24) is 5.32 Å². The molecule has 19 heavy (non-hydrogen) atoms. The maximum absolute atomic E-state index is 11.6. The largest absolute Gasteiger partial charge is 0.481 e. The first kappa shape index (κ1) is 15.0. The van der Waals surface area contributed by atoms with E-state index in [1.54, 1.807) is 19.2 Å². The minimum atomic E-state index is -0.944. The van der Waals surface area contributed by atoms with Crippen molar-refractivity contribution in [2.45, 2.75) is 13.5 Å². The number of methoxy groups -OCH3 is 1. The number of ether oxygens (including phenoxy) is 1. The first-order chi connectivity index (χ1) is 9.04. The monoisotopic (exact) mass is 266 g/mol. The lowest BCUT2D eigenvalue weighted by Gasteiger charge is -2.12. The van der Waals surface area contributed by atoms with Crippen LogP contribution in [0.1, 0.15) is 12.5 Å². The van der Waals surface area contributed by atoms with Gasteiger partial charge in [0.15, 0.2) is 0 Å². The summed E-state index contributed by atoms with van der Waals surface area (Å²) in [4.78, 5) is 22.3. The van der Waals surface area contributed by atoms with Gasteiger partial charge in [0.2, 0.25) is 0 Å². The number of carbonyl (C=O) groups is 2. The van der Waals surface area contributed by atoms with Gasteiger partial charge in [-0.1, -0.05) is 25.1 Å². The number of hydrogen-bond acceptors (Lipinski definition) is 3. The highest BCUT2D eigenvalue weighted by atomic mass is 16.5. The van der Waals surface area contributed by atoms with Crippen LogP contribution >= 0.6 is 0 Å². The van der Waals surface area contributed by atoms with Crippen molar-refractivity contribution >= 4 is 17.7 Å². The fourth-order valence-corrected chi connectivity index (χ4v) is 1.42. The Balaban J connectivity index is 2.55. The van der Waals surface area contributed by atoms with Crippen LogP contribution in [-0.2, 0) is 16.1 Å². The number of nitrogens with one attached hydrogen (secondary N) is 2. The molecule has 0 aromatic heterocycles. The number of aliphatic carboxylic acids is 1. The number of para-hydroxylation sites is 1. The Hall–Kier alpha value is -2.08. The van der Waals surface area contributed by atoms with Gasteiger partial charge < -0.3 is 20.5 Å².